The first-order valence-corrected chi connectivity index (χ1v) is 8.77. The van der Waals surface area contributed by atoms with Crippen molar-refractivity contribution in [1.82, 2.24) is 4.98 Å². The highest BCUT2D eigenvalue weighted by Crippen LogP contribution is 2.30. The van der Waals surface area contributed by atoms with E-state index in [9.17, 15) is 10.1 Å². The van der Waals surface area contributed by atoms with Gasteiger partial charge in [0, 0.05) is 23.1 Å². The van der Waals surface area contributed by atoms with Gasteiger partial charge in [-0.1, -0.05) is 29.5 Å². The Bertz CT molecular complexity index is 1040. The van der Waals surface area contributed by atoms with Crippen molar-refractivity contribution in [3.05, 3.63) is 82.2 Å². The van der Waals surface area contributed by atoms with Crippen molar-refractivity contribution < 1.29 is 14.7 Å². The molecule has 4 rings (SSSR count). The van der Waals surface area contributed by atoms with E-state index >= 15 is 0 Å². The zero-order chi connectivity index (χ0) is 17.9. The molecule has 2 aromatic heterocycles. The number of nitrogens with two attached hydrogens (primary N) is 1. The van der Waals surface area contributed by atoms with Gasteiger partial charge in [0.1, 0.15) is 17.1 Å². The largest absolute Gasteiger partial charge is 0.454 e. The van der Waals surface area contributed by atoms with Crippen molar-refractivity contribution in [2.24, 2.45) is 0 Å². The second-order valence-corrected chi connectivity index (χ2v) is 6.48. The van der Waals surface area contributed by atoms with E-state index < -0.39 is 4.92 Å². The summed E-state index contributed by atoms with van der Waals surface area (Å²) in [5.74, 6) is 1.32. The number of nitro groups is 1. The summed E-state index contributed by atoms with van der Waals surface area (Å²) in [6, 6.07) is 20.0. The summed E-state index contributed by atoms with van der Waals surface area (Å²) in [7, 11) is 0. The van der Waals surface area contributed by atoms with Gasteiger partial charge in [0.2, 0.25) is 0 Å². The van der Waals surface area contributed by atoms with Crippen LogP contribution in [-0.2, 0) is 0 Å². The fourth-order valence-electron chi connectivity index (χ4n) is 2.54. The standard InChI is InChI=1S/C19H13N3O3S/c23-22(24)15-8-6-13(7-9-15)17-10-11-18(25-17)16-12-26-19(21-16)20-14-4-2-1-3-5-14/h1-12H,(H,20,21)/p+1. The van der Waals surface area contributed by atoms with Gasteiger partial charge in [0.25, 0.3) is 10.8 Å². The number of rotatable bonds is 5. The lowest BCUT2D eigenvalue weighted by Gasteiger charge is -1.97. The van der Waals surface area contributed by atoms with Gasteiger partial charge in [-0.25, -0.2) is 0 Å². The highest BCUT2D eigenvalue weighted by atomic mass is 32.1. The normalized spacial score (nSPS) is 10.8. The number of benzene rings is 2. The number of non-ortho nitro benzene ring substituents is 1. The lowest BCUT2D eigenvalue weighted by molar-refractivity contribution is -0.478. The quantitative estimate of drug-likeness (QED) is 0.321. The number of hydrogen-bond acceptors (Lipinski definition) is 5. The molecular weight excluding hydrogens is 350 g/mol. The lowest BCUT2D eigenvalue weighted by atomic mass is 10.1. The summed E-state index contributed by atoms with van der Waals surface area (Å²) >= 11 is 1.55. The minimum atomic E-state index is -0.419. The SMILES string of the molecule is O=[N+]([O-])c1ccc(-c2ccc(-c3csc([NH2+]c4ccccc4)n3)o2)cc1. The molecule has 0 aliphatic carbocycles. The minimum Gasteiger partial charge on any atom is -0.454 e. The average Bonchev–Trinajstić information content (AvgIpc) is 3.32. The van der Waals surface area contributed by atoms with Crippen molar-refractivity contribution in [3.8, 4) is 22.8 Å². The van der Waals surface area contributed by atoms with E-state index in [0.717, 1.165) is 22.1 Å². The average molecular weight is 364 g/mol. The summed E-state index contributed by atoms with van der Waals surface area (Å²) in [6.07, 6.45) is 0. The van der Waals surface area contributed by atoms with Crippen molar-refractivity contribution in [3.63, 3.8) is 0 Å². The first-order valence-electron chi connectivity index (χ1n) is 7.89. The maximum absolute atomic E-state index is 10.7. The van der Waals surface area contributed by atoms with Gasteiger partial charge in [-0.15, -0.1) is 0 Å². The Morgan fingerprint density at radius 3 is 2.42 bits per heavy atom. The predicted octanol–water partition coefficient (Wildman–Crippen LogP) is 4.50. The molecule has 0 bridgehead atoms. The Labute approximate surface area is 152 Å². The van der Waals surface area contributed by atoms with Crippen molar-refractivity contribution >= 4 is 27.8 Å². The third kappa shape index (κ3) is 3.39. The molecule has 2 aromatic carbocycles. The zero-order valence-corrected chi connectivity index (χ0v) is 14.3. The summed E-state index contributed by atoms with van der Waals surface area (Å²) in [6.45, 7) is 0. The molecule has 0 aliphatic heterocycles. The molecule has 4 aromatic rings. The Morgan fingerprint density at radius 1 is 0.962 bits per heavy atom. The number of thiazole rings is 1. The van der Waals surface area contributed by atoms with Crippen LogP contribution in [0.4, 0.5) is 16.5 Å². The molecule has 6 nitrogen and oxygen atoms in total. The van der Waals surface area contributed by atoms with Gasteiger partial charge >= 0.3 is 0 Å². The molecule has 2 heterocycles. The van der Waals surface area contributed by atoms with E-state index in [4.69, 9.17) is 4.42 Å². The number of hydrogen-bond donors (Lipinski definition) is 1. The van der Waals surface area contributed by atoms with E-state index in [1.165, 1.54) is 12.1 Å². The summed E-state index contributed by atoms with van der Waals surface area (Å²) < 4.78 is 5.88. The van der Waals surface area contributed by atoms with Crippen LogP contribution in [0.25, 0.3) is 22.8 Å². The van der Waals surface area contributed by atoms with Gasteiger partial charge in [-0.3, -0.25) is 15.4 Å². The Morgan fingerprint density at radius 2 is 1.69 bits per heavy atom. The number of furan rings is 1. The topological polar surface area (TPSA) is 85.8 Å². The second kappa shape index (κ2) is 6.91. The van der Waals surface area contributed by atoms with Crippen LogP contribution in [0.15, 0.2) is 76.5 Å². The van der Waals surface area contributed by atoms with Crippen molar-refractivity contribution in [1.29, 1.82) is 0 Å². The highest BCUT2D eigenvalue weighted by Gasteiger charge is 2.13. The van der Waals surface area contributed by atoms with Crippen LogP contribution in [0, 0.1) is 10.1 Å². The zero-order valence-electron chi connectivity index (χ0n) is 13.5. The molecule has 0 spiro atoms. The number of quaternary nitrogens is 1. The van der Waals surface area contributed by atoms with Gasteiger partial charge in [0.15, 0.2) is 5.76 Å². The number of aromatic nitrogens is 1. The molecule has 0 radical (unpaired) electrons. The number of nitro benzene ring substituents is 1. The van der Waals surface area contributed by atoms with Crippen LogP contribution in [0.3, 0.4) is 0 Å². The van der Waals surface area contributed by atoms with Crippen LogP contribution in [-0.4, -0.2) is 9.91 Å². The molecule has 0 saturated carbocycles. The second-order valence-electron chi connectivity index (χ2n) is 5.59. The number of nitrogens with zero attached hydrogens (tertiary/aromatic N) is 2. The van der Waals surface area contributed by atoms with E-state index in [-0.39, 0.29) is 5.69 Å². The fourth-order valence-corrected chi connectivity index (χ4v) is 3.29. The summed E-state index contributed by atoms with van der Waals surface area (Å²) in [5, 5.41) is 15.6. The maximum Gasteiger partial charge on any atom is 0.288 e. The van der Waals surface area contributed by atoms with Gasteiger partial charge in [0.05, 0.1) is 4.92 Å². The first-order chi connectivity index (χ1) is 12.7. The van der Waals surface area contributed by atoms with Crippen LogP contribution in [0.2, 0.25) is 0 Å². The van der Waals surface area contributed by atoms with E-state index in [1.807, 2.05) is 53.2 Å². The third-order valence-corrected chi connectivity index (χ3v) is 4.62. The Kier molecular flexibility index (Phi) is 4.30. The molecule has 0 atom stereocenters. The van der Waals surface area contributed by atoms with Crippen LogP contribution in [0.1, 0.15) is 0 Å². The lowest BCUT2D eigenvalue weighted by Crippen LogP contribution is -2.70. The van der Waals surface area contributed by atoms with E-state index in [1.54, 1.807) is 23.5 Å². The minimum absolute atomic E-state index is 0.0566. The molecule has 2 N–H and O–H groups in total. The van der Waals surface area contributed by atoms with E-state index in [0.29, 0.717) is 11.5 Å². The molecule has 26 heavy (non-hydrogen) atoms. The van der Waals surface area contributed by atoms with Gasteiger partial charge in [-0.2, -0.15) is 4.98 Å². The molecule has 0 amide bonds. The molecule has 7 heteroatoms. The molecule has 0 aliphatic rings. The molecule has 0 fully saturated rings. The summed E-state index contributed by atoms with van der Waals surface area (Å²) in [5.41, 5.74) is 2.71. The maximum atomic E-state index is 10.7. The Balaban J connectivity index is 1.54. The smallest absolute Gasteiger partial charge is 0.288 e. The van der Waals surface area contributed by atoms with Crippen LogP contribution < -0.4 is 5.32 Å². The Hall–Kier alpha value is -3.29. The molecule has 0 saturated heterocycles. The van der Waals surface area contributed by atoms with Crippen molar-refractivity contribution in [2.75, 3.05) is 0 Å². The predicted molar refractivity (Wildman–Crippen MR) is 99.6 cm³/mol. The van der Waals surface area contributed by atoms with Gasteiger partial charge in [-0.05, 0) is 36.4 Å². The third-order valence-electron chi connectivity index (χ3n) is 3.83. The molecule has 0 unspecified atom stereocenters. The highest BCUT2D eigenvalue weighted by molar-refractivity contribution is 7.13. The monoisotopic (exact) mass is 364 g/mol. The van der Waals surface area contributed by atoms with Gasteiger partial charge < -0.3 is 4.42 Å². The van der Waals surface area contributed by atoms with Crippen LogP contribution in [0.5, 0.6) is 0 Å². The number of para-hydroxylation sites is 1. The van der Waals surface area contributed by atoms with Crippen molar-refractivity contribution in [2.45, 2.75) is 0 Å². The van der Waals surface area contributed by atoms with E-state index in [2.05, 4.69) is 4.98 Å². The first kappa shape index (κ1) is 16.2. The molecule has 128 valence electrons. The molecular formula is C19H14N3O3S+. The fraction of sp³-hybridized carbons (Fsp3) is 0. The summed E-state index contributed by atoms with van der Waals surface area (Å²) in [4.78, 5) is 14.9. The van der Waals surface area contributed by atoms with Crippen LogP contribution >= 0.6 is 11.3 Å².